The van der Waals surface area contributed by atoms with E-state index in [1.54, 1.807) is 29.9 Å². The van der Waals surface area contributed by atoms with Gasteiger partial charge in [0, 0.05) is 44.4 Å². The molecule has 0 aliphatic heterocycles. The number of carbonyl (C=O) groups excluding carboxylic acids is 1. The number of methoxy groups -OCH3 is 1. The molecule has 1 aromatic carbocycles. The van der Waals surface area contributed by atoms with Gasteiger partial charge in [-0.3, -0.25) is 14.2 Å². The van der Waals surface area contributed by atoms with Gasteiger partial charge < -0.3 is 14.3 Å². The fraction of sp³-hybridized carbons (Fsp3) is 0.294. The van der Waals surface area contributed by atoms with Crippen LogP contribution in [0, 0.1) is 4.77 Å². The first kappa shape index (κ1) is 18.4. The van der Waals surface area contributed by atoms with Gasteiger partial charge in [0.2, 0.25) is 0 Å². The van der Waals surface area contributed by atoms with Crippen molar-refractivity contribution in [2.75, 3.05) is 13.7 Å². The maximum absolute atomic E-state index is 12.7. The van der Waals surface area contributed by atoms with Gasteiger partial charge in [-0.15, -0.1) is 11.3 Å². The minimum absolute atomic E-state index is 0.180. The van der Waals surface area contributed by atoms with E-state index in [1.807, 2.05) is 18.6 Å². The van der Waals surface area contributed by atoms with Gasteiger partial charge in [0.25, 0.3) is 11.5 Å². The Hall–Kier alpha value is -2.36. The second-order valence-corrected chi connectivity index (χ2v) is 6.97. The van der Waals surface area contributed by atoms with E-state index < -0.39 is 0 Å². The quantitative estimate of drug-likeness (QED) is 0.535. The molecule has 3 rings (SSSR count). The van der Waals surface area contributed by atoms with Crippen LogP contribution in [0.3, 0.4) is 0 Å². The predicted molar refractivity (Wildman–Crippen MR) is 103 cm³/mol. The molecule has 3 aromatic rings. The van der Waals surface area contributed by atoms with Crippen LogP contribution in [0.15, 0.2) is 39.6 Å². The third kappa shape index (κ3) is 3.74. The lowest BCUT2D eigenvalue weighted by molar-refractivity contribution is 0.0998. The van der Waals surface area contributed by atoms with Gasteiger partial charge in [-0.1, -0.05) is 0 Å². The molecule has 0 spiro atoms. The standard InChI is InChI=1S/C17H18N4O3S2/c1-20-7-9-26-17(20)19-14(22)11-4-5-12-13(10-11)18-16(25)21(15(12)23)6-3-8-24-2/h4-5,7,9-10H,3,6,8H2,1-2H3,(H,18,25). The Labute approximate surface area is 158 Å². The number of nitrogens with zero attached hydrogens (tertiary/aromatic N) is 3. The Balaban J connectivity index is 2.01. The van der Waals surface area contributed by atoms with Gasteiger partial charge in [-0.25, -0.2) is 0 Å². The number of carbonyl (C=O) groups is 1. The van der Waals surface area contributed by atoms with Crippen LogP contribution >= 0.6 is 23.6 Å². The summed E-state index contributed by atoms with van der Waals surface area (Å²) in [5.74, 6) is -0.367. The van der Waals surface area contributed by atoms with Crippen molar-refractivity contribution in [1.82, 2.24) is 14.1 Å². The first-order valence-electron chi connectivity index (χ1n) is 7.96. The third-order valence-corrected chi connectivity index (χ3v) is 5.09. The Morgan fingerprint density at radius 2 is 2.23 bits per heavy atom. The molecule has 1 N–H and O–H groups in total. The van der Waals surface area contributed by atoms with Crippen molar-refractivity contribution in [2.45, 2.75) is 13.0 Å². The number of hydrogen-bond acceptors (Lipinski definition) is 5. The summed E-state index contributed by atoms with van der Waals surface area (Å²) in [5, 5.41) is 2.34. The summed E-state index contributed by atoms with van der Waals surface area (Å²) in [6.45, 7) is 1.02. The second-order valence-electron chi connectivity index (χ2n) is 5.71. The number of aromatic amines is 1. The van der Waals surface area contributed by atoms with Crippen molar-refractivity contribution in [2.24, 2.45) is 12.0 Å². The summed E-state index contributed by atoms with van der Waals surface area (Å²) in [4.78, 5) is 32.8. The first-order valence-corrected chi connectivity index (χ1v) is 9.25. The van der Waals surface area contributed by atoms with Crippen LogP contribution in [0.4, 0.5) is 0 Å². The van der Waals surface area contributed by atoms with E-state index in [0.717, 1.165) is 0 Å². The van der Waals surface area contributed by atoms with Gasteiger partial charge in [-0.2, -0.15) is 4.99 Å². The molecule has 0 unspecified atom stereocenters. The first-order chi connectivity index (χ1) is 12.5. The van der Waals surface area contributed by atoms with Gasteiger partial charge in [0.15, 0.2) is 9.57 Å². The largest absolute Gasteiger partial charge is 0.385 e. The highest BCUT2D eigenvalue weighted by Crippen LogP contribution is 2.12. The number of amides is 1. The van der Waals surface area contributed by atoms with Crippen LogP contribution in [0.1, 0.15) is 16.8 Å². The summed E-state index contributed by atoms with van der Waals surface area (Å²) in [5.41, 5.74) is 0.744. The number of H-pyrrole nitrogens is 1. The van der Waals surface area contributed by atoms with Crippen molar-refractivity contribution in [1.29, 1.82) is 0 Å². The molecular formula is C17H18N4O3S2. The molecule has 0 saturated heterocycles. The maximum atomic E-state index is 12.7. The lowest BCUT2D eigenvalue weighted by Crippen LogP contribution is -2.23. The van der Waals surface area contributed by atoms with Crippen LogP contribution in [0.5, 0.6) is 0 Å². The molecule has 136 valence electrons. The molecule has 9 heteroatoms. The average molecular weight is 390 g/mol. The zero-order valence-electron chi connectivity index (χ0n) is 14.4. The highest BCUT2D eigenvalue weighted by atomic mass is 32.1. The molecule has 0 aliphatic carbocycles. The predicted octanol–water partition coefficient (Wildman–Crippen LogP) is 2.24. The summed E-state index contributed by atoms with van der Waals surface area (Å²) in [7, 11) is 3.44. The number of thiazole rings is 1. The molecule has 1 amide bonds. The normalized spacial score (nSPS) is 12.0. The Morgan fingerprint density at radius 1 is 1.42 bits per heavy atom. The van der Waals surface area contributed by atoms with E-state index >= 15 is 0 Å². The number of aryl methyl sites for hydroxylation is 1. The number of ether oxygens (including phenoxy) is 1. The summed E-state index contributed by atoms with van der Waals surface area (Å²) >= 11 is 6.67. The number of rotatable bonds is 5. The molecule has 2 aromatic heterocycles. The number of benzene rings is 1. The van der Waals surface area contributed by atoms with Crippen molar-refractivity contribution < 1.29 is 9.53 Å². The fourth-order valence-electron chi connectivity index (χ4n) is 2.54. The minimum Gasteiger partial charge on any atom is -0.385 e. The Kier molecular flexibility index (Phi) is 5.60. The SMILES string of the molecule is COCCCn1c(=S)[nH]c2cc(C(=O)N=c3sccn3C)ccc2c1=O. The highest BCUT2D eigenvalue weighted by molar-refractivity contribution is 7.71. The van der Waals surface area contributed by atoms with E-state index in [0.29, 0.717) is 45.6 Å². The Morgan fingerprint density at radius 3 is 2.92 bits per heavy atom. The molecule has 26 heavy (non-hydrogen) atoms. The second kappa shape index (κ2) is 7.90. The molecule has 7 nitrogen and oxygen atoms in total. The van der Waals surface area contributed by atoms with Crippen LogP contribution in [-0.4, -0.2) is 33.7 Å². The van der Waals surface area contributed by atoms with Crippen molar-refractivity contribution in [3.63, 3.8) is 0 Å². The van der Waals surface area contributed by atoms with Crippen LogP contribution in [-0.2, 0) is 18.3 Å². The van der Waals surface area contributed by atoms with Gasteiger partial charge in [-0.05, 0) is 36.8 Å². The van der Waals surface area contributed by atoms with Crippen molar-refractivity contribution in [3.8, 4) is 0 Å². The third-order valence-electron chi connectivity index (χ3n) is 3.92. The zero-order chi connectivity index (χ0) is 18.7. The number of hydrogen-bond donors (Lipinski definition) is 1. The van der Waals surface area contributed by atoms with Gasteiger partial charge in [0.1, 0.15) is 0 Å². The highest BCUT2D eigenvalue weighted by Gasteiger charge is 2.10. The maximum Gasteiger partial charge on any atom is 0.279 e. The van der Waals surface area contributed by atoms with Crippen molar-refractivity contribution >= 4 is 40.4 Å². The lowest BCUT2D eigenvalue weighted by atomic mass is 10.1. The van der Waals surface area contributed by atoms with E-state index in [1.165, 1.54) is 15.9 Å². The van der Waals surface area contributed by atoms with E-state index in [-0.39, 0.29) is 11.5 Å². The van der Waals surface area contributed by atoms with Crippen LogP contribution in [0.2, 0.25) is 0 Å². The van der Waals surface area contributed by atoms with Crippen molar-refractivity contribution in [3.05, 3.63) is 55.3 Å². The number of fused-ring (bicyclic) bond motifs is 1. The molecule has 0 aliphatic rings. The monoisotopic (exact) mass is 390 g/mol. The molecule has 0 saturated carbocycles. The molecule has 0 atom stereocenters. The molecule has 0 radical (unpaired) electrons. The van der Waals surface area contributed by atoms with Crippen LogP contribution in [0.25, 0.3) is 10.9 Å². The van der Waals surface area contributed by atoms with E-state index in [2.05, 4.69) is 9.98 Å². The molecular weight excluding hydrogens is 372 g/mol. The zero-order valence-corrected chi connectivity index (χ0v) is 16.0. The smallest absolute Gasteiger partial charge is 0.279 e. The molecule has 0 fully saturated rings. The number of aromatic nitrogens is 3. The minimum atomic E-state index is -0.367. The van der Waals surface area contributed by atoms with Crippen LogP contribution < -0.4 is 10.4 Å². The van der Waals surface area contributed by atoms with E-state index in [4.69, 9.17) is 17.0 Å². The van der Waals surface area contributed by atoms with Gasteiger partial charge in [0.05, 0.1) is 10.9 Å². The molecule has 0 bridgehead atoms. The topological polar surface area (TPSA) is 81.4 Å². The Bertz CT molecular complexity index is 1140. The van der Waals surface area contributed by atoms with Gasteiger partial charge >= 0.3 is 0 Å². The summed E-state index contributed by atoms with van der Waals surface area (Å²) in [6, 6.07) is 4.86. The van der Waals surface area contributed by atoms with E-state index in [9.17, 15) is 9.59 Å². The average Bonchev–Trinajstić information content (AvgIpc) is 3.02. The summed E-state index contributed by atoms with van der Waals surface area (Å²) in [6.07, 6.45) is 2.52. The molecule has 2 heterocycles. The lowest BCUT2D eigenvalue weighted by Gasteiger charge is -2.08. The number of nitrogens with one attached hydrogen (secondary N) is 1. The fourth-order valence-corrected chi connectivity index (χ4v) is 3.56. The summed E-state index contributed by atoms with van der Waals surface area (Å²) < 4.78 is 8.62.